The number of amides is 1. The van der Waals surface area contributed by atoms with Gasteiger partial charge in [-0.05, 0) is 43.5 Å². The highest BCUT2D eigenvalue weighted by atomic mass is 16.5. The van der Waals surface area contributed by atoms with Crippen molar-refractivity contribution in [1.82, 2.24) is 0 Å². The maximum absolute atomic E-state index is 12.6. The molecule has 0 bridgehead atoms. The number of carbonyl (C=O) groups is 1. The molecule has 4 nitrogen and oxygen atoms in total. The average molecular weight is 341 g/mol. The van der Waals surface area contributed by atoms with Crippen molar-refractivity contribution in [2.45, 2.75) is 46.1 Å². The molecule has 0 radical (unpaired) electrons. The minimum atomic E-state index is -0.551. The van der Waals surface area contributed by atoms with Crippen LogP contribution < -0.4 is 14.8 Å². The fourth-order valence-corrected chi connectivity index (χ4v) is 2.40. The number of nitrogens with one attached hydrogen (secondary N) is 1. The first-order valence-electron chi connectivity index (χ1n) is 8.90. The molecular weight excluding hydrogens is 314 g/mol. The van der Waals surface area contributed by atoms with Gasteiger partial charge in [-0.15, -0.1) is 0 Å². The van der Waals surface area contributed by atoms with Crippen LogP contribution in [0, 0.1) is 6.92 Å². The first-order valence-corrected chi connectivity index (χ1v) is 8.90. The third-order valence-electron chi connectivity index (χ3n) is 3.93. The number of hydrogen-bond acceptors (Lipinski definition) is 3. The van der Waals surface area contributed by atoms with Crippen LogP contribution in [-0.4, -0.2) is 18.6 Å². The van der Waals surface area contributed by atoms with E-state index in [2.05, 4.69) is 12.2 Å². The van der Waals surface area contributed by atoms with Crippen LogP contribution in [0.25, 0.3) is 0 Å². The summed E-state index contributed by atoms with van der Waals surface area (Å²) in [5, 5.41) is 2.94. The molecule has 0 aromatic heterocycles. The van der Waals surface area contributed by atoms with Crippen molar-refractivity contribution in [2.24, 2.45) is 0 Å². The van der Waals surface area contributed by atoms with E-state index in [-0.39, 0.29) is 5.91 Å². The van der Waals surface area contributed by atoms with Crippen molar-refractivity contribution in [2.75, 3.05) is 11.9 Å². The van der Waals surface area contributed by atoms with Crippen LogP contribution in [0.15, 0.2) is 48.5 Å². The van der Waals surface area contributed by atoms with E-state index in [4.69, 9.17) is 9.47 Å². The molecule has 0 heterocycles. The summed E-state index contributed by atoms with van der Waals surface area (Å²) in [6.07, 6.45) is 2.08. The summed E-state index contributed by atoms with van der Waals surface area (Å²) in [6.45, 7) is 6.66. The summed E-state index contributed by atoms with van der Waals surface area (Å²) in [5.41, 5.74) is 1.69. The summed E-state index contributed by atoms with van der Waals surface area (Å²) < 4.78 is 11.7. The van der Waals surface area contributed by atoms with E-state index in [0.29, 0.717) is 24.5 Å². The van der Waals surface area contributed by atoms with E-state index in [1.54, 1.807) is 0 Å². The Morgan fingerprint density at radius 1 is 1.04 bits per heavy atom. The third kappa shape index (κ3) is 5.52. The predicted octanol–water partition coefficient (Wildman–Crippen LogP) is 4.97. The summed E-state index contributed by atoms with van der Waals surface area (Å²) in [4.78, 5) is 12.6. The minimum Gasteiger partial charge on any atom is -0.491 e. The fraction of sp³-hybridized carbons (Fsp3) is 0.381. The molecule has 4 heteroatoms. The van der Waals surface area contributed by atoms with Gasteiger partial charge in [-0.3, -0.25) is 4.79 Å². The SMILES string of the molecule is CCCCOc1ccccc1NC(=O)C(CC)Oc1ccccc1C. The third-order valence-corrected chi connectivity index (χ3v) is 3.93. The summed E-state index contributed by atoms with van der Waals surface area (Å²) in [6, 6.07) is 15.2. The molecular formula is C21H27NO3. The molecule has 1 amide bonds. The van der Waals surface area contributed by atoms with Gasteiger partial charge < -0.3 is 14.8 Å². The lowest BCUT2D eigenvalue weighted by molar-refractivity contribution is -0.122. The van der Waals surface area contributed by atoms with Gasteiger partial charge in [0.1, 0.15) is 11.5 Å². The molecule has 0 aliphatic carbocycles. The van der Waals surface area contributed by atoms with Crippen LogP contribution in [-0.2, 0) is 4.79 Å². The molecule has 1 N–H and O–H groups in total. The van der Waals surface area contributed by atoms with Crippen LogP contribution in [0.2, 0.25) is 0 Å². The zero-order chi connectivity index (χ0) is 18.1. The first-order chi connectivity index (χ1) is 12.2. The second kappa shape index (κ2) is 9.72. The van der Waals surface area contributed by atoms with Crippen molar-refractivity contribution in [3.05, 3.63) is 54.1 Å². The minimum absolute atomic E-state index is 0.169. The Morgan fingerprint density at radius 3 is 2.40 bits per heavy atom. The van der Waals surface area contributed by atoms with E-state index in [0.717, 1.165) is 24.2 Å². The number of para-hydroxylation sites is 3. The molecule has 0 saturated heterocycles. The predicted molar refractivity (Wildman–Crippen MR) is 101 cm³/mol. The van der Waals surface area contributed by atoms with Crippen molar-refractivity contribution in [1.29, 1.82) is 0 Å². The first kappa shape index (κ1) is 18.8. The fourth-order valence-electron chi connectivity index (χ4n) is 2.40. The molecule has 1 unspecified atom stereocenters. The second-order valence-corrected chi connectivity index (χ2v) is 5.97. The topological polar surface area (TPSA) is 47.6 Å². The quantitative estimate of drug-likeness (QED) is 0.655. The zero-order valence-electron chi connectivity index (χ0n) is 15.2. The molecule has 0 aliphatic heterocycles. The molecule has 1 atom stereocenters. The largest absolute Gasteiger partial charge is 0.491 e. The lowest BCUT2D eigenvalue weighted by Gasteiger charge is -2.19. The van der Waals surface area contributed by atoms with Crippen LogP contribution >= 0.6 is 0 Å². The van der Waals surface area contributed by atoms with E-state index >= 15 is 0 Å². The highest BCUT2D eigenvalue weighted by Gasteiger charge is 2.20. The molecule has 2 aromatic carbocycles. The van der Waals surface area contributed by atoms with Gasteiger partial charge in [0.15, 0.2) is 6.10 Å². The smallest absolute Gasteiger partial charge is 0.265 e. The monoisotopic (exact) mass is 341 g/mol. The number of carbonyl (C=O) groups excluding carboxylic acids is 1. The Bertz CT molecular complexity index is 684. The highest BCUT2D eigenvalue weighted by molar-refractivity contribution is 5.95. The summed E-state index contributed by atoms with van der Waals surface area (Å²) in [7, 11) is 0. The molecule has 0 saturated carbocycles. The molecule has 2 aromatic rings. The lowest BCUT2D eigenvalue weighted by Crippen LogP contribution is -2.32. The number of benzene rings is 2. The van der Waals surface area contributed by atoms with Crippen molar-refractivity contribution < 1.29 is 14.3 Å². The van der Waals surface area contributed by atoms with Gasteiger partial charge in [0, 0.05) is 0 Å². The van der Waals surface area contributed by atoms with Crippen LogP contribution in [0.5, 0.6) is 11.5 Å². The van der Waals surface area contributed by atoms with Gasteiger partial charge in [0.2, 0.25) is 0 Å². The Morgan fingerprint density at radius 2 is 1.72 bits per heavy atom. The van der Waals surface area contributed by atoms with E-state index in [1.165, 1.54) is 0 Å². The van der Waals surface area contributed by atoms with Gasteiger partial charge in [-0.1, -0.05) is 50.6 Å². The maximum Gasteiger partial charge on any atom is 0.265 e. The standard InChI is InChI=1S/C21H27NO3/c1-4-6-15-24-20-14-10-8-12-17(20)22-21(23)18(5-2)25-19-13-9-7-11-16(19)3/h7-14,18H,4-6,15H2,1-3H3,(H,22,23). The molecule has 0 spiro atoms. The van der Waals surface area contributed by atoms with E-state index in [9.17, 15) is 4.79 Å². The second-order valence-electron chi connectivity index (χ2n) is 5.97. The lowest BCUT2D eigenvalue weighted by atomic mass is 10.2. The molecule has 25 heavy (non-hydrogen) atoms. The van der Waals surface area contributed by atoms with Crippen LogP contribution in [0.3, 0.4) is 0 Å². The Labute approximate surface area is 150 Å². The Hall–Kier alpha value is -2.49. The number of unbranched alkanes of at least 4 members (excludes halogenated alkanes) is 1. The van der Waals surface area contributed by atoms with Crippen molar-refractivity contribution >= 4 is 11.6 Å². The van der Waals surface area contributed by atoms with Crippen LogP contribution in [0.4, 0.5) is 5.69 Å². The van der Waals surface area contributed by atoms with Gasteiger partial charge >= 0.3 is 0 Å². The maximum atomic E-state index is 12.6. The number of rotatable bonds is 9. The number of anilines is 1. The van der Waals surface area contributed by atoms with Gasteiger partial charge in [-0.25, -0.2) is 0 Å². The Kier molecular flexibility index (Phi) is 7.33. The molecule has 134 valence electrons. The van der Waals surface area contributed by atoms with Gasteiger partial charge in [0.05, 0.1) is 12.3 Å². The van der Waals surface area contributed by atoms with Gasteiger partial charge in [0.25, 0.3) is 5.91 Å². The number of aryl methyl sites for hydroxylation is 1. The zero-order valence-corrected chi connectivity index (χ0v) is 15.2. The van der Waals surface area contributed by atoms with Crippen molar-refractivity contribution in [3.8, 4) is 11.5 Å². The molecule has 0 fully saturated rings. The van der Waals surface area contributed by atoms with E-state index < -0.39 is 6.10 Å². The Balaban J connectivity index is 2.05. The van der Waals surface area contributed by atoms with E-state index in [1.807, 2.05) is 62.4 Å². The molecule has 2 rings (SSSR count). The summed E-state index contributed by atoms with van der Waals surface area (Å²) >= 11 is 0. The average Bonchev–Trinajstić information content (AvgIpc) is 2.62. The molecule has 0 aliphatic rings. The number of hydrogen-bond donors (Lipinski definition) is 1. The van der Waals surface area contributed by atoms with Gasteiger partial charge in [-0.2, -0.15) is 0 Å². The summed E-state index contributed by atoms with van der Waals surface area (Å²) in [5.74, 6) is 1.25. The normalized spacial score (nSPS) is 11.6. The van der Waals surface area contributed by atoms with Crippen molar-refractivity contribution in [3.63, 3.8) is 0 Å². The van der Waals surface area contributed by atoms with Crippen LogP contribution in [0.1, 0.15) is 38.7 Å². The highest BCUT2D eigenvalue weighted by Crippen LogP contribution is 2.25. The number of ether oxygens (including phenoxy) is 2.